The fraction of sp³-hybridized carbons (Fsp3) is 0.200. The number of carbonyl (C=O) groups is 1. The third-order valence-electron chi connectivity index (χ3n) is 6.35. The van der Waals surface area contributed by atoms with Crippen molar-refractivity contribution in [2.24, 2.45) is 10.7 Å². The molecule has 0 unspecified atom stereocenters. The number of nitrogens with two attached hydrogens (primary N) is 1. The summed E-state index contributed by atoms with van der Waals surface area (Å²) in [5.74, 6) is 0.0913. The fourth-order valence-electron chi connectivity index (χ4n) is 4.40. The average Bonchev–Trinajstić information content (AvgIpc) is 2.94. The number of hydrogen-bond acceptors (Lipinski definition) is 5. The van der Waals surface area contributed by atoms with E-state index < -0.39 is 10.0 Å². The Kier molecular flexibility index (Phi) is 9.36. The Balaban J connectivity index is 1.34. The molecule has 0 aliphatic carbocycles. The second-order valence-corrected chi connectivity index (χ2v) is 11.3. The highest BCUT2D eigenvalue weighted by molar-refractivity contribution is 7.88. The zero-order chi connectivity index (χ0) is 28.5. The number of guanidine groups is 1. The maximum atomic E-state index is 12.9. The summed E-state index contributed by atoms with van der Waals surface area (Å²) in [5.41, 5.74) is 10.9. The summed E-state index contributed by atoms with van der Waals surface area (Å²) in [4.78, 5) is 17.9. The van der Waals surface area contributed by atoms with Crippen molar-refractivity contribution in [2.75, 3.05) is 41.7 Å². The van der Waals surface area contributed by atoms with Gasteiger partial charge in [0.25, 0.3) is 0 Å². The number of rotatable bonds is 9. The lowest BCUT2D eigenvalue weighted by molar-refractivity contribution is -0.114. The van der Waals surface area contributed by atoms with E-state index in [-0.39, 0.29) is 17.6 Å². The Morgan fingerprint density at radius 3 is 2.12 bits per heavy atom. The molecule has 1 fully saturated rings. The molecule has 1 saturated heterocycles. The molecule has 0 saturated carbocycles. The van der Waals surface area contributed by atoms with Gasteiger partial charge in [-0.05, 0) is 48.0 Å². The van der Waals surface area contributed by atoms with Gasteiger partial charge in [-0.1, -0.05) is 55.1 Å². The summed E-state index contributed by atoms with van der Waals surface area (Å²) in [6, 6.07) is 24.3. The highest BCUT2D eigenvalue weighted by atomic mass is 32.2. The second-order valence-electron chi connectivity index (χ2n) is 9.34. The lowest BCUT2D eigenvalue weighted by Gasteiger charge is -2.35. The van der Waals surface area contributed by atoms with Gasteiger partial charge in [0.2, 0.25) is 15.9 Å². The summed E-state index contributed by atoms with van der Waals surface area (Å²) in [6.45, 7) is 7.33. The lowest BCUT2D eigenvalue weighted by Crippen LogP contribution is -2.49. The Morgan fingerprint density at radius 1 is 0.925 bits per heavy atom. The van der Waals surface area contributed by atoms with Crippen LogP contribution in [0.1, 0.15) is 18.1 Å². The van der Waals surface area contributed by atoms with E-state index in [1.54, 1.807) is 28.6 Å². The topological polar surface area (TPSA) is 120 Å². The number of amides is 1. The fourth-order valence-corrected chi connectivity index (χ4v) is 5.91. The first kappa shape index (κ1) is 28.6. The van der Waals surface area contributed by atoms with Crippen LogP contribution < -0.4 is 21.3 Å². The standard InChI is InChI=1S/C30H34N6O3S/c1-3-7-29(25-10-12-26(13-11-25)32-23(2)37)34-30(31)33-27-14-16-28(17-15-27)35-18-20-36(21-19-35)40(38,39)22-24-8-5-4-6-9-24/h3-17H,1,18-22H2,2H3,(H,32,37)(H3,31,33,34)/b29-7-. The van der Waals surface area contributed by atoms with Crippen LogP contribution in [0.5, 0.6) is 0 Å². The first-order valence-corrected chi connectivity index (χ1v) is 14.5. The molecule has 0 spiro atoms. The molecule has 0 bridgehead atoms. The minimum absolute atomic E-state index is 0.0171. The molecule has 0 aromatic heterocycles. The molecule has 208 valence electrons. The number of nitrogens with zero attached hydrogens (tertiary/aromatic N) is 3. The molecular weight excluding hydrogens is 524 g/mol. The van der Waals surface area contributed by atoms with Crippen LogP contribution in [-0.2, 0) is 20.6 Å². The number of nitrogens with one attached hydrogen (secondary N) is 2. The van der Waals surface area contributed by atoms with Gasteiger partial charge in [0.05, 0.1) is 11.4 Å². The number of carbonyl (C=O) groups excluding carboxylic acids is 1. The second kappa shape index (κ2) is 13.1. The predicted molar refractivity (Wildman–Crippen MR) is 163 cm³/mol. The van der Waals surface area contributed by atoms with Crippen molar-refractivity contribution in [1.29, 1.82) is 0 Å². The molecule has 1 aliphatic rings. The van der Waals surface area contributed by atoms with Gasteiger partial charge >= 0.3 is 0 Å². The number of aliphatic imine (C=N–C) groups is 1. The van der Waals surface area contributed by atoms with Crippen molar-refractivity contribution in [3.05, 3.63) is 109 Å². The minimum Gasteiger partial charge on any atom is -0.369 e. The molecular formula is C30H34N6O3S. The highest BCUT2D eigenvalue weighted by Gasteiger charge is 2.27. The number of anilines is 3. The SMILES string of the molecule is C=C/C=C(\N=C(/N)Nc1ccc(N2CCN(S(=O)(=O)Cc3ccccc3)CC2)cc1)c1ccc(NC(C)=O)cc1. The Labute approximate surface area is 235 Å². The quantitative estimate of drug-likeness (QED) is 0.205. The summed E-state index contributed by atoms with van der Waals surface area (Å²) in [6.07, 6.45) is 3.39. The predicted octanol–water partition coefficient (Wildman–Crippen LogP) is 4.25. The third-order valence-corrected chi connectivity index (χ3v) is 8.20. The molecule has 1 aliphatic heterocycles. The molecule has 4 rings (SSSR count). The zero-order valence-corrected chi connectivity index (χ0v) is 23.3. The van der Waals surface area contributed by atoms with Crippen molar-refractivity contribution in [3.8, 4) is 0 Å². The van der Waals surface area contributed by atoms with Gasteiger partial charge in [-0.15, -0.1) is 0 Å². The number of piperazine rings is 1. The van der Waals surface area contributed by atoms with Crippen molar-refractivity contribution in [3.63, 3.8) is 0 Å². The van der Waals surface area contributed by atoms with E-state index in [1.165, 1.54) is 6.92 Å². The molecule has 4 N–H and O–H groups in total. The number of allylic oxidation sites excluding steroid dienone is 2. The van der Waals surface area contributed by atoms with Gasteiger partial charge in [0.15, 0.2) is 5.96 Å². The Hall–Kier alpha value is -4.41. The highest BCUT2D eigenvalue weighted by Crippen LogP contribution is 2.23. The van der Waals surface area contributed by atoms with Gasteiger partial charge in [-0.2, -0.15) is 4.31 Å². The normalized spacial score (nSPS) is 15.0. The summed E-state index contributed by atoms with van der Waals surface area (Å²) < 4.78 is 27.3. The van der Waals surface area contributed by atoms with Crippen LogP contribution in [0.4, 0.5) is 17.1 Å². The molecule has 1 heterocycles. The van der Waals surface area contributed by atoms with Crippen molar-refractivity contribution < 1.29 is 13.2 Å². The maximum Gasteiger partial charge on any atom is 0.221 e. The summed E-state index contributed by atoms with van der Waals surface area (Å²) in [7, 11) is -3.36. The number of hydrogen-bond donors (Lipinski definition) is 3. The monoisotopic (exact) mass is 558 g/mol. The van der Waals surface area contributed by atoms with Crippen LogP contribution in [0.2, 0.25) is 0 Å². The molecule has 3 aromatic carbocycles. The Bertz CT molecular complexity index is 1480. The molecule has 1 amide bonds. The first-order chi connectivity index (χ1) is 19.2. The smallest absolute Gasteiger partial charge is 0.221 e. The van der Waals surface area contributed by atoms with Crippen LogP contribution in [0.3, 0.4) is 0 Å². The van der Waals surface area contributed by atoms with Gasteiger partial charge in [-0.3, -0.25) is 4.79 Å². The largest absolute Gasteiger partial charge is 0.369 e. The summed E-state index contributed by atoms with van der Waals surface area (Å²) >= 11 is 0. The van der Waals surface area contributed by atoms with Gasteiger partial charge in [0.1, 0.15) is 0 Å². The van der Waals surface area contributed by atoms with Crippen molar-refractivity contribution in [2.45, 2.75) is 12.7 Å². The maximum absolute atomic E-state index is 12.9. The van der Waals surface area contributed by atoms with E-state index in [2.05, 4.69) is 27.1 Å². The molecule has 3 aromatic rings. The Morgan fingerprint density at radius 2 is 1.52 bits per heavy atom. The van der Waals surface area contributed by atoms with Crippen LogP contribution in [-0.4, -0.2) is 50.8 Å². The van der Waals surface area contributed by atoms with Gasteiger partial charge in [0, 0.05) is 55.7 Å². The van der Waals surface area contributed by atoms with E-state index in [9.17, 15) is 13.2 Å². The summed E-state index contributed by atoms with van der Waals surface area (Å²) in [5, 5.41) is 5.85. The van der Waals surface area contributed by atoms with Crippen LogP contribution in [0, 0.1) is 0 Å². The van der Waals surface area contributed by atoms with E-state index in [4.69, 9.17) is 5.73 Å². The average molecular weight is 559 g/mol. The molecule has 9 nitrogen and oxygen atoms in total. The van der Waals surface area contributed by atoms with E-state index >= 15 is 0 Å². The zero-order valence-electron chi connectivity index (χ0n) is 22.5. The van der Waals surface area contributed by atoms with Crippen molar-refractivity contribution in [1.82, 2.24) is 4.31 Å². The van der Waals surface area contributed by atoms with E-state index in [0.29, 0.717) is 37.6 Å². The van der Waals surface area contributed by atoms with E-state index in [1.807, 2.05) is 66.7 Å². The minimum atomic E-state index is -3.36. The lowest BCUT2D eigenvalue weighted by atomic mass is 10.1. The molecule has 0 atom stereocenters. The molecule has 40 heavy (non-hydrogen) atoms. The molecule has 0 radical (unpaired) electrons. The van der Waals surface area contributed by atoms with Gasteiger partial charge < -0.3 is 21.3 Å². The van der Waals surface area contributed by atoms with Crippen LogP contribution in [0.15, 0.2) is 103 Å². The number of sulfonamides is 1. The van der Waals surface area contributed by atoms with Crippen molar-refractivity contribution >= 4 is 44.6 Å². The third kappa shape index (κ3) is 7.81. The molecule has 10 heteroatoms. The van der Waals surface area contributed by atoms with Gasteiger partial charge in [-0.25, -0.2) is 13.4 Å². The number of benzene rings is 3. The first-order valence-electron chi connectivity index (χ1n) is 12.9. The van der Waals surface area contributed by atoms with E-state index in [0.717, 1.165) is 22.5 Å². The van der Waals surface area contributed by atoms with Crippen LogP contribution >= 0.6 is 0 Å². The van der Waals surface area contributed by atoms with Crippen LogP contribution in [0.25, 0.3) is 5.70 Å².